The Morgan fingerprint density at radius 1 is 1.23 bits per heavy atom. The van der Waals surface area contributed by atoms with Crippen LogP contribution in [0.25, 0.3) is 11.1 Å². The minimum atomic E-state index is -0.500. The molecule has 8 heteroatoms. The fraction of sp³-hybridized carbons (Fsp3) is 0.318. The van der Waals surface area contributed by atoms with Gasteiger partial charge < -0.3 is 24.4 Å². The number of carbonyl (C=O) groups is 1. The van der Waals surface area contributed by atoms with Crippen LogP contribution in [0.3, 0.4) is 0 Å². The number of ether oxygens (including phenoxy) is 1. The second-order valence-corrected chi connectivity index (χ2v) is 7.60. The number of likely N-dealkylation sites (N-methyl/N-ethyl adjacent to an activating group) is 2. The molecule has 1 aromatic carbocycles. The quantitative estimate of drug-likeness (QED) is 0.717. The third-order valence-corrected chi connectivity index (χ3v) is 5.91. The number of benzene rings is 1. The Bertz CT molecular complexity index is 1110. The molecule has 0 aliphatic carbocycles. The highest BCUT2D eigenvalue weighted by Gasteiger charge is 2.48. The molecule has 0 radical (unpaired) electrons. The fourth-order valence-corrected chi connectivity index (χ4v) is 4.55. The smallest absolute Gasteiger partial charge is 0.263 e. The number of anilines is 2. The van der Waals surface area contributed by atoms with E-state index in [0.717, 1.165) is 45.4 Å². The molecule has 30 heavy (non-hydrogen) atoms. The van der Waals surface area contributed by atoms with Crippen molar-refractivity contribution < 1.29 is 14.1 Å². The van der Waals surface area contributed by atoms with E-state index in [1.165, 1.54) is 0 Å². The van der Waals surface area contributed by atoms with Gasteiger partial charge in [-0.05, 0) is 38.1 Å². The van der Waals surface area contributed by atoms with Gasteiger partial charge in [-0.15, -0.1) is 0 Å². The van der Waals surface area contributed by atoms with Gasteiger partial charge in [0.2, 0.25) is 0 Å². The summed E-state index contributed by atoms with van der Waals surface area (Å²) in [5.41, 5.74) is 5.34. The van der Waals surface area contributed by atoms with Crippen LogP contribution in [0.4, 0.5) is 11.4 Å². The topological polar surface area (TPSA) is 83.7 Å². The number of carbonyl (C=O) groups excluding carboxylic acids is 1. The molecule has 4 heterocycles. The fourth-order valence-electron chi connectivity index (χ4n) is 4.55. The predicted molar refractivity (Wildman–Crippen MR) is 113 cm³/mol. The number of nitrogens with one attached hydrogen (secondary N) is 1. The summed E-state index contributed by atoms with van der Waals surface area (Å²) in [5.74, 6) is 1.40. The van der Waals surface area contributed by atoms with Gasteiger partial charge in [-0.3, -0.25) is 9.78 Å². The highest BCUT2D eigenvalue weighted by atomic mass is 16.5. The highest BCUT2D eigenvalue weighted by molar-refractivity contribution is 6.00. The lowest BCUT2D eigenvalue weighted by Gasteiger charge is -2.39. The Balaban J connectivity index is 1.73. The number of aromatic nitrogens is 2. The van der Waals surface area contributed by atoms with Gasteiger partial charge in [-0.1, -0.05) is 11.2 Å². The number of aryl methyl sites for hydroxylation is 2. The second-order valence-electron chi connectivity index (χ2n) is 7.60. The van der Waals surface area contributed by atoms with Crippen LogP contribution >= 0.6 is 0 Å². The number of pyridine rings is 1. The normalized spacial score (nSPS) is 19.5. The van der Waals surface area contributed by atoms with Crippen molar-refractivity contribution in [2.75, 3.05) is 30.5 Å². The van der Waals surface area contributed by atoms with E-state index >= 15 is 0 Å². The molecule has 0 saturated heterocycles. The molecule has 1 amide bonds. The van der Waals surface area contributed by atoms with Gasteiger partial charge in [-0.2, -0.15) is 0 Å². The van der Waals surface area contributed by atoms with Crippen molar-refractivity contribution in [3.8, 4) is 16.9 Å². The van der Waals surface area contributed by atoms with Crippen molar-refractivity contribution in [2.45, 2.75) is 26.1 Å². The number of amides is 1. The molecule has 1 unspecified atom stereocenters. The van der Waals surface area contributed by atoms with Crippen LogP contribution < -0.4 is 19.9 Å². The maximum Gasteiger partial charge on any atom is 0.263 e. The predicted octanol–water partition coefficient (Wildman–Crippen LogP) is 2.82. The van der Waals surface area contributed by atoms with E-state index in [2.05, 4.69) is 20.4 Å². The molecule has 2 aromatic heterocycles. The summed E-state index contributed by atoms with van der Waals surface area (Å²) in [5, 5.41) is 6.91. The van der Waals surface area contributed by atoms with E-state index in [4.69, 9.17) is 9.26 Å². The molecule has 0 saturated carbocycles. The standard InChI is InChI=1S/C22H23N5O3/c1-12-18(13(2)30-25-12)14-8-9-16-19-20(14)29-11-17(15-7-5-6-10-24-15)27(19)22(26(16)4)21(28)23-3/h5-10,17,22H,11H2,1-4H3,(H,23,28)/t17-,22?/m1/s1. The molecular weight excluding hydrogens is 382 g/mol. The summed E-state index contributed by atoms with van der Waals surface area (Å²) in [7, 11) is 3.59. The second kappa shape index (κ2) is 6.76. The molecule has 2 atom stereocenters. The molecule has 0 bridgehead atoms. The van der Waals surface area contributed by atoms with Crippen LogP contribution in [0.5, 0.6) is 5.75 Å². The van der Waals surface area contributed by atoms with Crippen LogP contribution in [0.15, 0.2) is 41.1 Å². The van der Waals surface area contributed by atoms with E-state index in [0.29, 0.717) is 6.61 Å². The maximum atomic E-state index is 12.9. The summed E-state index contributed by atoms with van der Waals surface area (Å²) in [6.45, 7) is 4.19. The third kappa shape index (κ3) is 2.49. The first-order valence-electron chi connectivity index (χ1n) is 9.89. The zero-order valence-electron chi connectivity index (χ0n) is 17.3. The van der Waals surface area contributed by atoms with Gasteiger partial charge in [0.1, 0.15) is 24.1 Å². The first kappa shape index (κ1) is 18.5. The van der Waals surface area contributed by atoms with Gasteiger partial charge >= 0.3 is 0 Å². The van der Waals surface area contributed by atoms with E-state index < -0.39 is 6.17 Å². The molecular formula is C22H23N5O3. The Kier molecular flexibility index (Phi) is 4.16. The Morgan fingerprint density at radius 2 is 2.07 bits per heavy atom. The van der Waals surface area contributed by atoms with Crippen LogP contribution in [-0.4, -0.2) is 42.9 Å². The molecule has 8 nitrogen and oxygen atoms in total. The molecule has 2 aliphatic heterocycles. The first-order chi connectivity index (χ1) is 14.5. The van der Waals surface area contributed by atoms with Crippen molar-refractivity contribution in [1.29, 1.82) is 0 Å². The van der Waals surface area contributed by atoms with Crippen molar-refractivity contribution in [3.63, 3.8) is 0 Å². The molecule has 3 aromatic rings. The molecule has 154 valence electrons. The largest absolute Gasteiger partial charge is 0.488 e. The molecule has 2 aliphatic rings. The third-order valence-electron chi connectivity index (χ3n) is 5.91. The van der Waals surface area contributed by atoms with Crippen molar-refractivity contribution in [3.05, 3.63) is 53.7 Å². The van der Waals surface area contributed by atoms with Crippen LogP contribution in [-0.2, 0) is 4.79 Å². The average molecular weight is 405 g/mol. The maximum absolute atomic E-state index is 12.9. The van der Waals surface area contributed by atoms with E-state index in [9.17, 15) is 4.79 Å². The summed E-state index contributed by atoms with van der Waals surface area (Å²) in [6.07, 6.45) is 1.26. The zero-order chi connectivity index (χ0) is 21.0. The molecule has 0 fully saturated rings. The van der Waals surface area contributed by atoms with Gasteiger partial charge in [0.15, 0.2) is 11.9 Å². The monoisotopic (exact) mass is 405 g/mol. The summed E-state index contributed by atoms with van der Waals surface area (Å²) in [4.78, 5) is 21.6. The van der Waals surface area contributed by atoms with Crippen molar-refractivity contribution in [1.82, 2.24) is 15.5 Å². The van der Waals surface area contributed by atoms with Gasteiger partial charge in [-0.25, -0.2) is 0 Å². The number of nitrogens with zero attached hydrogens (tertiary/aromatic N) is 4. The summed E-state index contributed by atoms with van der Waals surface area (Å²) >= 11 is 0. The van der Waals surface area contributed by atoms with Crippen molar-refractivity contribution in [2.24, 2.45) is 0 Å². The van der Waals surface area contributed by atoms with Gasteiger partial charge in [0.05, 0.1) is 22.6 Å². The van der Waals surface area contributed by atoms with Crippen LogP contribution in [0.1, 0.15) is 23.2 Å². The Morgan fingerprint density at radius 3 is 2.73 bits per heavy atom. The van der Waals surface area contributed by atoms with Crippen LogP contribution in [0.2, 0.25) is 0 Å². The number of rotatable bonds is 3. The summed E-state index contributed by atoms with van der Waals surface area (Å²) in [6, 6.07) is 9.66. The van der Waals surface area contributed by atoms with E-state index in [-0.39, 0.29) is 11.9 Å². The molecule has 1 N–H and O–H groups in total. The highest BCUT2D eigenvalue weighted by Crippen LogP contribution is 2.55. The lowest BCUT2D eigenvalue weighted by Crippen LogP contribution is -2.54. The SMILES string of the molecule is CNC(=O)C1N(C)c2ccc(-c3c(C)noc3C)c3c2N1[C@@H](c1ccccn1)CO3. The minimum absolute atomic E-state index is 0.0821. The minimum Gasteiger partial charge on any atom is -0.488 e. The average Bonchev–Trinajstić information content (AvgIpc) is 3.26. The van der Waals surface area contributed by atoms with Crippen molar-refractivity contribution >= 4 is 17.3 Å². The number of hydrogen-bond donors (Lipinski definition) is 1. The van der Waals surface area contributed by atoms with E-state index in [1.807, 2.05) is 56.1 Å². The number of hydrogen-bond acceptors (Lipinski definition) is 7. The van der Waals surface area contributed by atoms with Crippen LogP contribution in [0, 0.1) is 13.8 Å². The lowest BCUT2D eigenvalue weighted by molar-refractivity contribution is -0.121. The summed E-state index contributed by atoms with van der Waals surface area (Å²) < 4.78 is 11.7. The first-order valence-corrected chi connectivity index (χ1v) is 9.89. The zero-order valence-corrected chi connectivity index (χ0v) is 17.3. The molecule has 5 rings (SSSR count). The van der Waals surface area contributed by atoms with Gasteiger partial charge in [0, 0.05) is 25.9 Å². The Hall–Kier alpha value is -3.55. The lowest BCUT2D eigenvalue weighted by atomic mass is 9.99. The Labute approximate surface area is 174 Å². The van der Waals surface area contributed by atoms with Gasteiger partial charge in [0.25, 0.3) is 5.91 Å². The molecule has 0 spiro atoms. The van der Waals surface area contributed by atoms with E-state index in [1.54, 1.807) is 13.2 Å².